The number of hydrogen-bond acceptors (Lipinski definition) is 4. The van der Waals surface area contributed by atoms with Gasteiger partial charge in [0.15, 0.2) is 5.82 Å². The van der Waals surface area contributed by atoms with Crippen molar-refractivity contribution in [3.05, 3.63) is 5.82 Å². The van der Waals surface area contributed by atoms with E-state index in [9.17, 15) is 9.90 Å². The molecule has 19 heavy (non-hydrogen) atoms. The topological polar surface area (TPSA) is 80.9 Å². The first-order chi connectivity index (χ1) is 9.00. The first kappa shape index (κ1) is 12.6. The lowest BCUT2D eigenvalue weighted by Crippen LogP contribution is -2.30. The fraction of sp³-hybridized carbons (Fsp3) is 0.846. The zero-order chi connectivity index (χ0) is 13.6. The third-order valence-corrected chi connectivity index (χ3v) is 4.64. The van der Waals surface area contributed by atoms with E-state index in [0.29, 0.717) is 12.5 Å². The smallest absolute Gasteiger partial charge is 0.310 e. The predicted molar refractivity (Wildman–Crippen MR) is 67.4 cm³/mol. The van der Waals surface area contributed by atoms with Gasteiger partial charge in [-0.1, -0.05) is 12.8 Å². The third-order valence-electron chi connectivity index (χ3n) is 4.64. The molecule has 2 saturated carbocycles. The Morgan fingerprint density at radius 3 is 2.58 bits per heavy atom. The van der Waals surface area contributed by atoms with Crippen LogP contribution in [-0.2, 0) is 11.3 Å². The maximum atomic E-state index is 11.2. The fourth-order valence-corrected chi connectivity index (χ4v) is 3.38. The van der Waals surface area contributed by atoms with Crippen molar-refractivity contribution < 1.29 is 9.90 Å². The van der Waals surface area contributed by atoms with Gasteiger partial charge in [-0.05, 0) is 49.0 Å². The van der Waals surface area contributed by atoms with Crippen molar-refractivity contribution in [3.8, 4) is 0 Å². The Hall–Kier alpha value is -1.46. The van der Waals surface area contributed by atoms with Crippen LogP contribution in [0.25, 0.3) is 0 Å². The zero-order valence-electron chi connectivity index (χ0n) is 11.4. The molecule has 0 aliphatic heterocycles. The van der Waals surface area contributed by atoms with Crippen molar-refractivity contribution in [2.75, 3.05) is 0 Å². The van der Waals surface area contributed by atoms with Crippen LogP contribution in [0.4, 0.5) is 0 Å². The average Bonchev–Trinajstić information content (AvgIpc) is 2.92. The highest BCUT2D eigenvalue weighted by atomic mass is 16.4. The molecular formula is C13H20N4O2. The van der Waals surface area contributed by atoms with Crippen molar-refractivity contribution in [2.24, 2.45) is 17.3 Å². The molecule has 0 bridgehead atoms. The summed E-state index contributed by atoms with van der Waals surface area (Å²) >= 11 is 0. The van der Waals surface area contributed by atoms with E-state index in [2.05, 4.69) is 15.5 Å². The molecule has 6 heteroatoms. The van der Waals surface area contributed by atoms with Crippen molar-refractivity contribution in [1.29, 1.82) is 0 Å². The second kappa shape index (κ2) is 4.28. The molecule has 3 rings (SSSR count). The van der Waals surface area contributed by atoms with Gasteiger partial charge in [0.1, 0.15) is 0 Å². The van der Waals surface area contributed by atoms with E-state index in [1.807, 2.05) is 0 Å². The van der Waals surface area contributed by atoms with Crippen LogP contribution in [0.2, 0.25) is 0 Å². The number of hydrogen-bond donors (Lipinski definition) is 1. The van der Waals surface area contributed by atoms with Crippen LogP contribution >= 0.6 is 0 Å². The number of nitrogens with zero attached hydrogens (tertiary/aromatic N) is 4. The molecule has 0 amide bonds. The minimum atomic E-state index is -0.843. The molecule has 1 heterocycles. The third kappa shape index (κ3) is 2.13. The first-order valence-corrected chi connectivity index (χ1v) is 7.00. The molecule has 2 unspecified atom stereocenters. The molecule has 6 nitrogen and oxygen atoms in total. The van der Waals surface area contributed by atoms with Crippen LogP contribution in [0.1, 0.15) is 51.3 Å². The Morgan fingerprint density at radius 1 is 1.37 bits per heavy atom. The van der Waals surface area contributed by atoms with Crippen molar-refractivity contribution in [3.63, 3.8) is 0 Å². The van der Waals surface area contributed by atoms with Gasteiger partial charge in [-0.2, -0.15) is 0 Å². The lowest BCUT2D eigenvalue weighted by Gasteiger charge is -2.19. The molecule has 1 N–H and O–H groups in total. The van der Waals surface area contributed by atoms with Gasteiger partial charge < -0.3 is 5.11 Å². The average molecular weight is 264 g/mol. The Morgan fingerprint density at radius 2 is 2.00 bits per heavy atom. The van der Waals surface area contributed by atoms with Gasteiger partial charge in [-0.25, -0.2) is 4.68 Å². The number of rotatable bonds is 4. The van der Waals surface area contributed by atoms with Crippen LogP contribution < -0.4 is 0 Å². The number of aliphatic carboxylic acids is 1. The van der Waals surface area contributed by atoms with Gasteiger partial charge in [0, 0.05) is 5.92 Å². The van der Waals surface area contributed by atoms with E-state index in [0.717, 1.165) is 17.7 Å². The molecule has 0 radical (unpaired) electrons. The van der Waals surface area contributed by atoms with E-state index in [4.69, 9.17) is 0 Å². The van der Waals surface area contributed by atoms with E-state index in [-0.39, 0.29) is 0 Å². The summed E-state index contributed by atoms with van der Waals surface area (Å²) in [5, 5.41) is 21.1. The second-order valence-corrected chi connectivity index (χ2v) is 6.52. The minimum Gasteiger partial charge on any atom is -0.481 e. The van der Waals surface area contributed by atoms with Gasteiger partial charge in [-0.3, -0.25) is 4.79 Å². The highest BCUT2D eigenvalue weighted by Gasteiger charge is 2.54. The van der Waals surface area contributed by atoms with Crippen molar-refractivity contribution in [1.82, 2.24) is 20.2 Å². The molecule has 2 fully saturated rings. The van der Waals surface area contributed by atoms with Crippen LogP contribution in [-0.4, -0.2) is 31.3 Å². The van der Waals surface area contributed by atoms with Crippen molar-refractivity contribution in [2.45, 2.75) is 52.0 Å². The fourth-order valence-electron chi connectivity index (χ4n) is 3.38. The second-order valence-electron chi connectivity index (χ2n) is 6.52. The summed E-state index contributed by atoms with van der Waals surface area (Å²) in [6.07, 6.45) is 5.15. The summed E-state index contributed by atoms with van der Waals surface area (Å²) in [4.78, 5) is 11.2. The van der Waals surface area contributed by atoms with Crippen LogP contribution in [0.15, 0.2) is 0 Å². The van der Waals surface area contributed by atoms with Crippen LogP contribution in [0.5, 0.6) is 0 Å². The van der Waals surface area contributed by atoms with E-state index < -0.39 is 11.4 Å². The Balaban J connectivity index is 1.78. The molecule has 104 valence electrons. The Labute approximate surface area is 112 Å². The Kier molecular flexibility index (Phi) is 2.83. The predicted octanol–water partition coefficient (Wildman–Crippen LogP) is 1.69. The Bertz CT molecular complexity index is 485. The summed E-state index contributed by atoms with van der Waals surface area (Å²) in [5.74, 6) is 1.99. The maximum Gasteiger partial charge on any atom is 0.310 e. The summed E-state index contributed by atoms with van der Waals surface area (Å²) in [6.45, 7) is 3.75. The number of aromatic nitrogens is 4. The lowest BCUT2D eigenvalue weighted by atomic mass is 9.94. The zero-order valence-corrected chi connectivity index (χ0v) is 11.4. The summed E-state index contributed by atoms with van der Waals surface area (Å²) in [7, 11) is 0. The lowest BCUT2D eigenvalue weighted by molar-refractivity contribution is -0.147. The number of tetrazole rings is 1. The van der Waals surface area contributed by atoms with Gasteiger partial charge in [0.2, 0.25) is 0 Å². The number of carboxylic acid groups (broad SMARTS) is 1. The summed E-state index contributed by atoms with van der Waals surface area (Å²) in [5.41, 5.74) is -0.843. The highest BCUT2D eigenvalue weighted by Crippen LogP contribution is 2.60. The van der Waals surface area contributed by atoms with E-state index in [1.54, 1.807) is 18.5 Å². The summed E-state index contributed by atoms with van der Waals surface area (Å²) in [6, 6.07) is 0. The van der Waals surface area contributed by atoms with Gasteiger partial charge in [0.25, 0.3) is 0 Å². The minimum absolute atomic E-state index is 0.334. The highest BCUT2D eigenvalue weighted by molar-refractivity contribution is 5.73. The molecule has 2 aliphatic carbocycles. The largest absolute Gasteiger partial charge is 0.481 e. The quantitative estimate of drug-likeness (QED) is 0.895. The van der Waals surface area contributed by atoms with Gasteiger partial charge in [-0.15, -0.1) is 5.10 Å². The van der Waals surface area contributed by atoms with Gasteiger partial charge in [0.05, 0.1) is 12.0 Å². The molecule has 1 aromatic heterocycles. The number of carbonyl (C=O) groups is 1. The molecule has 2 atom stereocenters. The number of fused-ring (bicyclic) bond motifs is 1. The molecular weight excluding hydrogens is 244 g/mol. The van der Waals surface area contributed by atoms with Crippen LogP contribution in [0.3, 0.4) is 0 Å². The number of carboxylic acids is 1. The molecule has 0 spiro atoms. The van der Waals surface area contributed by atoms with E-state index in [1.165, 1.54) is 25.7 Å². The molecule has 1 aromatic rings. The molecule has 0 aromatic carbocycles. The normalized spacial score (nSPS) is 29.9. The van der Waals surface area contributed by atoms with Gasteiger partial charge >= 0.3 is 5.97 Å². The van der Waals surface area contributed by atoms with Crippen LogP contribution in [0, 0.1) is 17.3 Å². The SMILES string of the molecule is CC(C)(Cn1nnnc1C1C2CCCCC21)C(=O)O. The van der Waals surface area contributed by atoms with E-state index >= 15 is 0 Å². The standard InChI is InChI=1S/C13H20N4O2/c1-13(2,12(18)19)7-17-11(14-15-16-17)10-8-5-3-4-6-9(8)10/h8-10H,3-7H2,1-2H3,(H,18,19). The molecule has 2 aliphatic rings. The first-order valence-electron chi connectivity index (χ1n) is 7.00. The monoisotopic (exact) mass is 264 g/mol. The maximum absolute atomic E-state index is 11.2. The molecule has 0 saturated heterocycles. The van der Waals surface area contributed by atoms with Crippen molar-refractivity contribution >= 4 is 5.97 Å². The summed E-state index contributed by atoms with van der Waals surface area (Å²) < 4.78 is 1.71.